The molecule has 19 heavy (non-hydrogen) atoms. The minimum absolute atomic E-state index is 0.404. The Balaban J connectivity index is 1.94. The monoisotopic (exact) mass is 261 g/mol. The molecule has 0 spiro atoms. The summed E-state index contributed by atoms with van der Waals surface area (Å²) in [5.41, 5.74) is 2.90. The number of hydrogen-bond donors (Lipinski definition) is 1. The van der Waals surface area contributed by atoms with Crippen LogP contribution in [0.25, 0.3) is 0 Å². The Kier molecular flexibility index (Phi) is 3.73. The first-order valence-electron chi connectivity index (χ1n) is 7.11. The van der Waals surface area contributed by atoms with E-state index in [1.54, 1.807) is 7.11 Å². The number of piperazine rings is 1. The van der Waals surface area contributed by atoms with Gasteiger partial charge < -0.3 is 10.1 Å². The smallest absolute Gasteiger partial charge is 0.119 e. The van der Waals surface area contributed by atoms with Crippen LogP contribution < -0.4 is 10.1 Å². The van der Waals surface area contributed by atoms with E-state index >= 15 is 0 Å². The van der Waals surface area contributed by atoms with Crippen molar-refractivity contribution in [1.29, 1.82) is 0 Å². The maximum atomic E-state index is 5.40. The van der Waals surface area contributed by atoms with Gasteiger partial charge in [0.15, 0.2) is 0 Å². The molecule has 1 saturated heterocycles. The van der Waals surface area contributed by atoms with Gasteiger partial charge in [-0.05, 0) is 36.7 Å². The van der Waals surface area contributed by atoms with Gasteiger partial charge in [-0.15, -0.1) is 0 Å². The van der Waals surface area contributed by atoms with E-state index in [-0.39, 0.29) is 0 Å². The Bertz CT molecular complexity index is 443. The lowest BCUT2D eigenvalue weighted by molar-refractivity contribution is 0.0425. The third kappa shape index (κ3) is 2.48. The molecule has 1 atom stereocenters. The van der Waals surface area contributed by atoms with Crippen molar-refractivity contribution in [3.8, 4) is 5.75 Å². The molecule has 0 bridgehead atoms. The number of benzene rings is 1. The molecule has 1 N–H and O–H groups in total. The predicted octanol–water partition coefficient (Wildman–Crippen LogP) is 1.09. The van der Waals surface area contributed by atoms with E-state index in [4.69, 9.17) is 4.74 Å². The second-order valence-electron chi connectivity index (χ2n) is 5.45. The quantitative estimate of drug-likeness (QED) is 0.862. The van der Waals surface area contributed by atoms with Crippen LogP contribution in [0.2, 0.25) is 0 Å². The maximum absolute atomic E-state index is 5.40. The lowest BCUT2D eigenvalue weighted by Gasteiger charge is -2.43. The number of methoxy groups -OCH3 is 1. The van der Waals surface area contributed by atoms with Crippen molar-refractivity contribution in [2.75, 3.05) is 46.9 Å². The zero-order valence-electron chi connectivity index (χ0n) is 11.9. The molecule has 104 valence electrons. The fraction of sp³-hybridized carbons (Fsp3) is 0.600. The van der Waals surface area contributed by atoms with E-state index in [1.165, 1.54) is 11.1 Å². The summed E-state index contributed by atoms with van der Waals surface area (Å²) in [6, 6.07) is 6.53. The van der Waals surface area contributed by atoms with Gasteiger partial charge in [0.05, 0.1) is 13.3 Å². The molecule has 1 aromatic carbocycles. The maximum Gasteiger partial charge on any atom is 0.119 e. The van der Waals surface area contributed by atoms with Crippen LogP contribution in [0.5, 0.6) is 5.75 Å². The van der Waals surface area contributed by atoms with Gasteiger partial charge in [-0.3, -0.25) is 9.80 Å². The predicted molar refractivity (Wildman–Crippen MR) is 76.5 cm³/mol. The third-order valence-electron chi connectivity index (χ3n) is 4.28. The van der Waals surface area contributed by atoms with Crippen molar-refractivity contribution in [2.45, 2.75) is 12.6 Å². The van der Waals surface area contributed by atoms with Crippen LogP contribution in [0.15, 0.2) is 18.2 Å². The van der Waals surface area contributed by atoms with Crippen molar-refractivity contribution < 1.29 is 4.74 Å². The number of likely N-dealkylation sites (N-methyl/N-ethyl adjacent to an activating group) is 1. The van der Waals surface area contributed by atoms with Crippen LogP contribution in [0.1, 0.15) is 17.3 Å². The van der Waals surface area contributed by atoms with Gasteiger partial charge in [-0.1, -0.05) is 6.07 Å². The van der Waals surface area contributed by atoms with Crippen molar-refractivity contribution in [1.82, 2.24) is 15.1 Å². The van der Waals surface area contributed by atoms with Crippen LogP contribution in [-0.4, -0.2) is 56.7 Å². The lowest BCUT2D eigenvalue weighted by Crippen LogP contribution is -2.51. The van der Waals surface area contributed by atoms with Gasteiger partial charge in [0.25, 0.3) is 0 Å². The molecule has 0 radical (unpaired) electrons. The number of nitrogens with one attached hydrogen (secondary N) is 1. The molecule has 2 heterocycles. The Morgan fingerprint density at radius 1 is 1.21 bits per heavy atom. The second kappa shape index (κ2) is 5.49. The first kappa shape index (κ1) is 12.9. The number of nitrogens with zero attached hydrogens (tertiary/aromatic N) is 2. The highest BCUT2D eigenvalue weighted by Crippen LogP contribution is 2.33. The summed E-state index contributed by atoms with van der Waals surface area (Å²) in [6.07, 6.45) is 1.54. The van der Waals surface area contributed by atoms with E-state index < -0.39 is 0 Å². The van der Waals surface area contributed by atoms with Crippen LogP contribution in [-0.2, 0) is 6.42 Å². The molecule has 0 saturated carbocycles. The summed E-state index contributed by atoms with van der Waals surface area (Å²) in [5, 5.41) is 3.43. The highest BCUT2D eigenvalue weighted by molar-refractivity contribution is 5.39. The SMILES string of the molecule is COc1ccc2c(c1)C(N1CCNCC1)N(C)CC2. The van der Waals surface area contributed by atoms with E-state index in [0.717, 1.165) is 44.9 Å². The standard InChI is InChI=1S/C15H23N3O/c1-17-8-5-12-3-4-13(19-2)11-14(12)15(17)18-9-6-16-7-10-18/h3-4,11,15-16H,5-10H2,1-2H3. The Morgan fingerprint density at radius 2 is 2.00 bits per heavy atom. The van der Waals surface area contributed by atoms with E-state index in [0.29, 0.717) is 6.17 Å². The minimum Gasteiger partial charge on any atom is -0.497 e. The molecule has 4 heteroatoms. The lowest BCUT2D eigenvalue weighted by atomic mass is 9.95. The van der Waals surface area contributed by atoms with E-state index in [9.17, 15) is 0 Å². The topological polar surface area (TPSA) is 27.7 Å². The molecule has 0 aliphatic carbocycles. The van der Waals surface area contributed by atoms with Gasteiger partial charge in [0.2, 0.25) is 0 Å². The fourth-order valence-corrected chi connectivity index (χ4v) is 3.23. The van der Waals surface area contributed by atoms with Gasteiger partial charge in [0, 0.05) is 32.7 Å². The molecule has 0 amide bonds. The molecule has 1 fully saturated rings. The Hall–Kier alpha value is -1.10. The van der Waals surface area contributed by atoms with Crippen LogP contribution in [0.4, 0.5) is 0 Å². The Morgan fingerprint density at radius 3 is 2.74 bits per heavy atom. The highest BCUT2D eigenvalue weighted by atomic mass is 16.5. The van der Waals surface area contributed by atoms with Gasteiger partial charge in [-0.2, -0.15) is 0 Å². The van der Waals surface area contributed by atoms with E-state index in [1.807, 2.05) is 0 Å². The molecule has 1 unspecified atom stereocenters. The minimum atomic E-state index is 0.404. The summed E-state index contributed by atoms with van der Waals surface area (Å²) in [4.78, 5) is 5.04. The van der Waals surface area contributed by atoms with Gasteiger partial charge in [-0.25, -0.2) is 0 Å². The second-order valence-corrected chi connectivity index (χ2v) is 5.45. The zero-order chi connectivity index (χ0) is 13.2. The summed E-state index contributed by atoms with van der Waals surface area (Å²) in [7, 11) is 3.98. The van der Waals surface area contributed by atoms with Crippen molar-refractivity contribution in [3.05, 3.63) is 29.3 Å². The molecule has 2 aliphatic heterocycles. The zero-order valence-corrected chi connectivity index (χ0v) is 11.9. The van der Waals surface area contributed by atoms with Crippen LogP contribution in [0.3, 0.4) is 0 Å². The molecule has 0 aromatic heterocycles. The highest BCUT2D eigenvalue weighted by Gasteiger charge is 2.30. The average Bonchev–Trinajstić information content (AvgIpc) is 2.47. The van der Waals surface area contributed by atoms with Crippen molar-refractivity contribution in [3.63, 3.8) is 0 Å². The van der Waals surface area contributed by atoms with Crippen LogP contribution in [0, 0.1) is 0 Å². The van der Waals surface area contributed by atoms with Gasteiger partial charge >= 0.3 is 0 Å². The van der Waals surface area contributed by atoms with Gasteiger partial charge in [0.1, 0.15) is 5.75 Å². The first-order chi connectivity index (χ1) is 9.29. The third-order valence-corrected chi connectivity index (χ3v) is 4.28. The fourth-order valence-electron chi connectivity index (χ4n) is 3.23. The number of ether oxygens (including phenoxy) is 1. The molecular weight excluding hydrogens is 238 g/mol. The summed E-state index contributed by atoms with van der Waals surface area (Å²) in [5.74, 6) is 0.967. The van der Waals surface area contributed by atoms with E-state index in [2.05, 4.69) is 40.4 Å². The largest absolute Gasteiger partial charge is 0.497 e. The molecule has 4 nitrogen and oxygen atoms in total. The molecule has 3 rings (SSSR count). The molecular formula is C15H23N3O. The normalized spacial score (nSPS) is 25.1. The summed E-state index contributed by atoms with van der Waals surface area (Å²) < 4.78 is 5.40. The van der Waals surface area contributed by atoms with Crippen molar-refractivity contribution in [2.24, 2.45) is 0 Å². The van der Waals surface area contributed by atoms with Crippen molar-refractivity contribution >= 4 is 0 Å². The number of rotatable bonds is 2. The van der Waals surface area contributed by atoms with Crippen LogP contribution >= 0.6 is 0 Å². The molecule has 1 aromatic rings. The summed E-state index contributed by atoms with van der Waals surface area (Å²) >= 11 is 0. The Labute approximate surface area is 115 Å². The molecule has 2 aliphatic rings. The average molecular weight is 261 g/mol. The number of fused-ring (bicyclic) bond motifs is 1. The number of hydrogen-bond acceptors (Lipinski definition) is 4. The summed E-state index contributed by atoms with van der Waals surface area (Å²) in [6.45, 7) is 5.54. The first-order valence-corrected chi connectivity index (χ1v) is 7.11.